The maximum Gasteiger partial charge on any atom is 0.138 e. The van der Waals surface area contributed by atoms with Crippen molar-refractivity contribution in [3.05, 3.63) is 28.2 Å². The summed E-state index contributed by atoms with van der Waals surface area (Å²) in [6, 6.07) is 5.06. The fourth-order valence-corrected chi connectivity index (χ4v) is 3.16. The van der Waals surface area contributed by atoms with Crippen LogP contribution in [0, 0.1) is 5.92 Å². The van der Waals surface area contributed by atoms with E-state index in [1.54, 1.807) is 25.3 Å². The second-order valence-electron chi connectivity index (χ2n) is 5.74. The number of benzene rings is 1. The number of β-amino-alcohol motifs (C(OH)–C–C–N with tert-alkyl or cyclic N) is 1. The Labute approximate surface area is 141 Å². The zero-order chi connectivity index (χ0) is 15.9. The minimum atomic E-state index is -0.536. The smallest absolute Gasteiger partial charge is 0.138 e. The van der Waals surface area contributed by atoms with Crippen LogP contribution in [0.2, 0.25) is 10.0 Å². The lowest BCUT2D eigenvalue weighted by Crippen LogP contribution is -2.41. The van der Waals surface area contributed by atoms with Crippen LogP contribution in [-0.4, -0.2) is 56.1 Å². The van der Waals surface area contributed by atoms with Crippen LogP contribution in [0.25, 0.3) is 0 Å². The highest BCUT2D eigenvalue weighted by Gasteiger charge is 2.21. The summed E-state index contributed by atoms with van der Waals surface area (Å²) in [6.45, 7) is 3.65. The molecule has 0 spiro atoms. The fraction of sp³-hybridized carbons (Fsp3) is 0.625. The van der Waals surface area contributed by atoms with E-state index >= 15 is 0 Å². The predicted molar refractivity (Wildman–Crippen MR) is 89.0 cm³/mol. The van der Waals surface area contributed by atoms with Crippen molar-refractivity contribution in [3.63, 3.8) is 0 Å². The van der Waals surface area contributed by atoms with Gasteiger partial charge in [-0.2, -0.15) is 0 Å². The van der Waals surface area contributed by atoms with Crippen LogP contribution in [0.1, 0.15) is 12.8 Å². The van der Waals surface area contributed by atoms with Crippen molar-refractivity contribution >= 4 is 23.2 Å². The van der Waals surface area contributed by atoms with E-state index < -0.39 is 6.10 Å². The molecule has 2 rings (SSSR count). The third kappa shape index (κ3) is 5.60. The number of hydrogen-bond acceptors (Lipinski definition) is 4. The third-order valence-electron chi connectivity index (χ3n) is 3.90. The molecule has 1 N–H and O–H groups in total. The van der Waals surface area contributed by atoms with Crippen LogP contribution in [-0.2, 0) is 4.74 Å². The van der Waals surface area contributed by atoms with Gasteiger partial charge in [0.05, 0.1) is 5.02 Å². The molecule has 0 aromatic heterocycles. The van der Waals surface area contributed by atoms with Gasteiger partial charge in [0.1, 0.15) is 18.5 Å². The quantitative estimate of drug-likeness (QED) is 0.822. The first-order chi connectivity index (χ1) is 10.6. The summed E-state index contributed by atoms with van der Waals surface area (Å²) in [4.78, 5) is 2.27. The average Bonchev–Trinajstić information content (AvgIpc) is 2.49. The number of rotatable bonds is 7. The van der Waals surface area contributed by atoms with Gasteiger partial charge in [0, 0.05) is 25.3 Å². The van der Waals surface area contributed by atoms with Crippen molar-refractivity contribution in [2.45, 2.75) is 18.9 Å². The summed E-state index contributed by atoms with van der Waals surface area (Å²) >= 11 is 11.9. The van der Waals surface area contributed by atoms with Gasteiger partial charge in [-0.3, -0.25) is 0 Å². The Kier molecular flexibility index (Phi) is 7.25. The van der Waals surface area contributed by atoms with Crippen molar-refractivity contribution in [2.75, 3.05) is 40.0 Å². The number of nitrogens with zero attached hydrogens (tertiary/aromatic N) is 1. The summed E-state index contributed by atoms with van der Waals surface area (Å²) in [5.41, 5.74) is 0. The van der Waals surface area contributed by atoms with Crippen molar-refractivity contribution in [2.24, 2.45) is 5.92 Å². The minimum absolute atomic E-state index is 0.222. The van der Waals surface area contributed by atoms with E-state index in [-0.39, 0.29) is 6.61 Å². The molecule has 0 saturated carbocycles. The molecule has 1 fully saturated rings. The molecule has 6 heteroatoms. The van der Waals surface area contributed by atoms with Gasteiger partial charge in [0.25, 0.3) is 0 Å². The van der Waals surface area contributed by atoms with E-state index in [2.05, 4.69) is 4.90 Å². The molecule has 0 bridgehead atoms. The van der Waals surface area contributed by atoms with E-state index in [9.17, 15) is 5.11 Å². The highest BCUT2D eigenvalue weighted by Crippen LogP contribution is 2.27. The number of ether oxygens (including phenoxy) is 2. The van der Waals surface area contributed by atoms with Gasteiger partial charge < -0.3 is 19.5 Å². The van der Waals surface area contributed by atoms with Gasteiger partial charge in [-0.1, -0.05) is 23.2 Å². The molecule has 1 unspecified atom stereocenters. The van der Waals surface area contributed by atoms with Crippen LogP contribution in [0.15, 0.2) is 18.2 Å². The minimum Gasteiger partial charge on any atom is -0.489 e. The molecular weight excluding hydrogens is 325 g/mol. The normalized spacial score (nSPS) is 18.4. The third-order valence-corrected chi connectivity index (χ3v) is 4.43. The van der Waals surface area contributed by atoms with Crippen molar-refractivity contribution in [3.8, 4) is 5.75 Å². The number of halogens is 2. The van der Waals surface area contributed by atoms with Crippen LogP contribution < -0.4 is 4.74 Å². The molecule has 1 aromatic carbocycles. The Morgan fingerprint density at radius 1 is 1.32 bits per heavy atom. The summed E-state index contributed by atoms with van der Waals surface area (Å²) in [5, 5.41) is 11.1. The molecule has 1 atom stereocenters. The molecular formula is C16H23Cl2NO3. The van der Waals surface area contributed by atoms with E-state index in [0.717, 1.165) is 32.5 Å². The van der Waals surface area contributed by atoms with E-state index in [1.807, 2.05) is 0 Å². The van der Waals surface area contributed by atoms with Crippen LogP contribution >= 0.6 is 23.2 Å². The van der Waals surface area contributed by atoms with E-state index in [4.69, 9.17) is 32.7 Å². The topological polar surface area (TPSA) is 41.9 Å². The number of aliphatic hydroxyl groups is 1. The van der Waals surface area contributed by atoms with Crippen molar-refractivity contribution < 1.29 is 14.6 Å². The Morgan fingerprint density at radius 2 is 2.05 bits per heavy atom. The van der Waals surface area contributed by atoms with Gasteiger partial charge in [0.2, 0.25) is 0 Å². The van der Waals surface area contributed by atoms with Gasteiger partial charge in [-0.25, -0.2) is 0 Å². The molecule has 1 saturated heterocycles. The molecule has 1 heterocycles. The maximum absolute atomic E-state index is 10.1. The molecule has 0 aliphatic carbocycles. The van der Waals surface area contributed by atoms with Crippen molar-refractivity contribution in [1.82, 2.24) is 4.90 Å². The van der Waals surface area contributed by atoms with Crippen molar-refractivity contribution in [1.29, 1.82) is 0 Å². The summed E-state index contributed by atoms with van der Waals surface area (Å²) in [7, 11) is 1.75. The van der Waals surface area contributed by atoms with Crippen LogP contribution in [0.4, 0.5) is 0 Å². The molecule has 1 aliphatic rings. The highest BCUT2D eigenvalue weighted by molar-refractivity contribution is 6.35. The van der Waals surface area contributed by atoms with Gasteiger partial charge >= 0.3 is 0 Å². The molecule has 0 radical (unpaired) electrons. The van der Waals surface area contributed by atoms with Crippen LogP contribution in [0.5, 0.6) is 5.75 Å². The Morgan fingerprint density at radius 3 is 2.68 bits per heavy atom. The largest absolute Gasteiger partial charge is 0.489 e. The molecule has 124 valence electrons. The van der Waals surface area contributed by atoms with Gasteiger partial charge in [0.15, 0.2) is 0 Å². The van der Waals surface area contributed by atoms with Crippen LogP contribution in [0.3, 0.4) is 0 Å². The summed E-state index contributed by atoms with van der Waals surface area (Å²) in [5.74, 6) is 1.19. The number of aliphatic hydroxyl groups excluding tert-OH is 1. The monoisotopic (exact) mass is 347 g/mol. The molecule has 1 aromatic rings. The fourth-order valence-electron chi connectivity index (χ4n) is 2.70. The zero-order valence-electron chi connectivity index (χ0n) is 12.8. The van der Waals surface area contributed by atoms with E-state index in [1.165, 1.54) is 0 Å². The highest BCUT2D eigenvalue weighted by atomic mass is 35.5. The second kappa shape index (κ2) is 8.94. The average molecular weight is 348 g/mol. The molecule has 4 nitrogen and oxygen atoms in total. The Bertz CT molecular complexity index is 465. The second-order valence-corrected chi connectivity index (χ2v) is 6.58. The Balaban J connectivity index is 1.71. The van der Waals surface area contributed by atoms with E-state index in [0.29, 0.717) is 28.3 Å². The molecule has 22 heavy (non-hydrogen) atoms. The van der Waals surface area contributed by atoms with Gasteiger partial charge in [-0.05, 0) is 50.0 Å². The lowest BCUT2D eigenvalue weighted by atomic mass is 9.97. The summed E-state index contributed by atoms with van der Waals surface area (Å²) < 4.78 is 10.8. The summed E-state index contributed by atoms with van der Waals surface area (Å²) in [6.07, 6.45) is 1.69. The lowest BCUT2D eigenvalue weighted by Gasteiger charge is -2.32. The number of piperidine rings is 1. The Hall–Kier alpha value is -0.520. The van der Waals surface area contributed by atoms with Gasteiger partial charge in [-0.15, -0.1) is 0 Å². The SMILES string of the molecule is COCC1CCN(CC(O)COc2ccc(Cl)cc2Cl)CC1. The standard InChI is InChI=1S/C16H23Cl2NO3/c1-21-10-12-4-6-19(7-5-12)9-14(20)11-22-16-3-2-13(17)8-15(16)18/h2-3,8,12,14,20H,4-7,9-11H2,1H3. The first-order valence-electron chi connectivity index (χ1n) is 7.55. The molecule has 0 amide bonds. The number of likely N-dealkylation sites (tertiary alicyclic amines) is 1. The lowest BCUT2D eigenvalue weighted by molar-refractivity contribution is 0.0440. The zero-order valence-corrected chi connectivity index (χ0v) is 14.3. The first kappa shape index (κ1) is 17.8. The maximum atomic E-state index is 10.1. The first-order valence-corrected chi connectivity index (χ1v) is 8.31. The number of hydrogen-bond donors (Lipinski definition) is 1. The predicted octanol–water partition coefficient (Wildman–Crippen LogP) is 3.09. The molecule has 1 aliphatic heterocycles. The number of methoxy groups -OCH3 is 1.